The lowest BCUT2D eigenvalue weighted by Gasteiger charge is -2.30. The Morgan fingerprint density at radius 3 is 2.40 bits per heavy atom. The van der Waals surface area contributed by atoms with Gasteiger partial charge in [0.25, 0.3) is 5.91 Å². The van der Waals surface area contributed by atoms with E-state index in [0.29, 0.717) is 29.8 Å². The van der Waals surface area contributed by atoms with Gasteiger partial charge in [0.15, 0.2) is 5.82 Å². The molecule has 7 heteroatoms. The van der Waals surface area contributed by atoms with Gasteiger partial charge in [-0.15, -0.1) is 5.10 Å². The molecule has 5 rings (SSSR count). The molecule has 152 valence electrons. The summed E-state index contributed by atoms with van der Waals surface area (Å²) in [5, 5.41) is 8.59. The van der Waals surface area contributed by atoms with Gasteiger partial charge in [0, 0.05) is 43.9 Å². The number of hydrogen-bond donors (Lipinski definition) is 0. The minimum atomic E-state index is -0.0000642. The molecule has 0 bridgehead atoms. The van der Waals surface area contributed by atoms with Crippen molar-refractivity contribution in [3.8, 4) is 0 Å². The molecular formula is C23H24N6O. The summed E-state index contributed by atoms with van der Waals surface area (Å²) in [5.41, 5.74) is 2.63. The van der Waals surface area contributed by atoms with Crippen LogP contribution in [0.4, 0.5) is 5.82 Å². The highest BCUT2D eigenvalue weighted by Gasteiger charge is 2.49. The first-order chi connectivity index (χ1) is 14.6. The zero-order valence-electron chi connectivity index (χ0n) is 17.1. The van der Waals surface area contributed by atoms with Crippen molar-refractivity contribution in [1.82, 2.24) is 25.1 Å². The number of carbonyl (C=O) groups is 1. The standard InChI is InChI=1S/C23H24N6O/c1-15-8-9-21(27-26-15)28-12-19-13-29(23(30)18-10-24-16(2)25-11-18)22(20(19)14-28)17-6-4-3-5-7-17/h3-11,19-20,22H,12-14H2,1-2H3/t19-,20-,22+/m0/s1. The average molecular weight is 400 g/mol. The first kappa shape index (κ1) is 18.7. The van der Waals surface area contributed by atoms with Crippen molar-refractivity contribution < 1.29 is 4.79 Å². The van der Waals surface area contributed by atoms with Crippen LogP contribution in [0.1, 0.15) is 33.5 Å². The molecule has 0 spiro atoms. The van der Waals surface area contributed by atoms with Gasteiger partial charge in [-0.25, -0.2) is 9.97 Å². The maximum Gasteiger partial charge on any atom is 0.257 e. The van der Waals surface area contributed by atoms with Crippen LogP contribution in [0.15, 0.2) is 54.9 Å². The second kappa shape index (κ2) is 7.48. The Balaban J connectivity index is 1.45. The van der Waals surface area contributed by atoms with E-state index in [1.54, 1.807) is 12.4 Å². The highest BCUT2D eigenvalue weighted by Crippen LogP contribution is 2.46. The Morgan fingerprint density at radius 1 is 0.933 bits per heavy atom. The first-order valence-corrected chi connectivity index (χ1v) is 10.3. The number of fused-ring (bicyclic) bond motifs is 1. The van der Waals surface area contributed by atoms with Gasteiger partial charge < -0.3 is 9.80 Å². The molecule has 3 atom stereocenters. The van der Waals surface area contributed by atoms with E-state index in [4.69, 9.17) is 0 Å². The Bertz CT molecular complexity index is 1040. The third kappa shape index (κ3) is 3.30. The Kier molecular flexibility index (Phi) is 4.65. The minimum absolute atomic E-state index is 0.0000642. The molecule has 2 aliphatic heterocycles. The predicted octanol–water partition coefficient (Wildman–Crippen LogP) is 2.83. The molecule has 1 amide bonds. The minimum Gasteiger partial charge on any atom is -0.354 e. The zero-order valence-corrected chi connectivity index (χ0v) is 17.1. The molecule has 2 fully saturated rings. The molecule has 1 aromatic carbocycles. The number of hydrogen-bond acceptors (Lipinski definition) is 6. The van der Waals surface area contributed by atoms with Gasteiger partial charge in [-0.3, -0.25) is 4.79 Å². The molecule has 2 saturated heterocycles. The summed E-state index contributed by atoms with van der Waals surface area (Å²) in [6.45, 7) is 6.21. The van der Waals surface area contributed by atoms with E-state index in [1.165, 1.54) is 5.56 Å². The van der Waals surface area contributed by atoms with Crippen LogP contribution < -0.4 is 4.90 Å². The monoisotopic (exact) mass is 400 g/mol. The van der Waals surface area contributed by atoms with Crippen molar-refractivity contribution in [2.75, 3.05) is 24.5 Å². The van der Waals surface area contributed by atoms with E-state index >= 15 is 0 Å². The van der Waals surface area contributed by atoms with E-state index in [9.17, 15) is 4.79 Å². The van der Waals surface area contributed by atoms with Crippen molar-refractivity contribution in [3.05, 3.63) is 77.5 Å². The lowest BCUT2D eigenvalue weighted by atomic mass is 9.89. The molecule has 30 heavy (non-hydrogen) atoms. The summed E-state index contributed by atoms with van der Waals surface area (Å²) >= 11 is 0. The molecule has 0 radical (unpaired) electrons. The van der Waals surface area contributed by atoms with Crippen LogP contribution in [0.3, 0.4) is 0 Å². The van der Waals surface area contributed by atoms with Crippen molar-refractivity contribution in [2.45, 2.75) is 19.9 Å². The normalized spacial score (nSPS) is 22.9. The van der Waals surface area contributed by atoms with E-state index in [1.807, 2.05) is 49.1 Å². The summed E-state index contributed by atoms with van der Waals surface area (Å²) in [7, 11) is 0. The average Bonchev–Trinajstić information content (AvgIpc) is 3.33. The molecule has 2 aromatic heterocycles. The van der Waals surface area contributed by atoms with E-state index in [-0.39, 0.29) is 11.9 Å². The number of amides is 1. The number of carbonyl (C=O) groups excluding carboxylic acids is 1. The summed E-state index contributed by atoms with van der Waals surface area (Å²) in [6, 6.07) is 14.4. The quantitative estimate of drug-likeness (QED) is 0.673. The Morgan fingerprint density at radius 2 is 1.70 bits per heavy atom. The zero-order chi connectivity index (χ0) is 20.7. The number of anilines is 1. The summed E-state index contributed by atoms with van der Waals surface area (Å²) in [4.78, 5) is 26.1. The van der Waals surface area contributed by atoms with Crippen molar-refractivity contribution >= 4 is 11.7 Å². The fourth-order valence-electron chi connectivity index (χ4n) is 4.75. The summed E-state index contributed by atoms with van der Waals surface area (Å²) in [6.07, 6.45) is 3.27. The second-order valence-corrected chi connectivity index (χ2v) is 8.19. The maximum atomic E-state index is 13.4. The second-order valence-electron chi connectivity index (χ2n) is 8.19. The highest BCUT2D eigenvalue weighted by atomic mass is 16.2. The molecule has 0 unspecified atom stereocenters. The van der Waals surface area contributed by atoms with E-state index in [0.717, 1.165) is 24.6 Å². The number of nitrogens with zero attached hydrogens (tertiary/aromatic N) is 6. The van der Waals surface area contributed by atoms with E-state index in [2.05, 4.69) is 37.2 Å². The molecule has 2 aliphatic rings. The SMILES string of the molecule is Cc1ccc(N2C[C@H]3CN(C(=O)c4cnc(C)nc4)[C@H](c4ccccc4)[C@H]3C2)nn1. The third-order valence-corrected chi connectivity index (χ3v) is 6.20. The number of aryl methyl sites for hydroxylation is 2. The first-order valence-electron chi connectivity index (χ1n) is 10.3. The molecule has 4 heterocycles. The Labute approximate surface area is 175 Å². The van der Waals surface area contributed by atoms with Crippen LogP contribution >= 0.6 is 0 Å². The summed E-state index contributed by atoms with van der Waals surface area (Å²) in [5.74, 6) is 2.30. The van der Waals surface area contributed by atoms with Crippen LogP contribution in [0.25, 0.3) is 0 Å². The van der Waals surface area contributed by atoms with Gasteiger partial charge in [-0.05, 0) is 31.5 Å². The van der Waals surface area contributed by atoms with Gasteiger partial charge in [0.2, 0.25) is 0 Å². The lowest BCUT2D eigenvalue weighted by Crippen LogP contribution is -2.36. The maximum absolute atomic E-state index is 13.4. The smallest absolute Gasteiger partial charge is 0.257 e. The molecule has 7 nitrogen and oxygen atoms in total. The third-order valence-electron chi connectivity index (χ3n) is 6.20. The van der Waals surface area contributed by atoms with Crippen LogP contribution in [0.2, 0.25) is 0 Å². The fraction of sp³-hybridized carbons (Fsp3) is 0.348. The predicted molar refractivity (Wildman–Crippen MR) is 113 cm³/mol. The number of likely N-dealkylation sites (tertiary alicyclic amines) is 1. The van der Waals surface area contributed by atoms with Gasteiger partial charge in [0.05, 0.1) is 17.3 Å². The molecule has 3 aromatic rings. The molecule has 0 N–H and O–H groups in total. The largest absolute Gasteiger partial charge is 0.354 e. The van der Waals surface area contributed by atoms with Gasteiger partial charge in [0.1, 0.15) is 5.82 Å². The molecule has 0 aliphatic carbocycles. The van der Waals surface area contributed by atoms with Crippen LogP contribution in [0, 0.1) is 25.7 Å². The van der Waals surface area contributed by atoms with Crippen LogP contribution in [0.5, 0.6) is 0 Å². The Hall–Kier alpha value is -3.35. The summed E-state index contributed by atoms with van der Waals surface area (Å²) < 4.78 is 0. The topological polar surface area (TPSA) is 75.1 Å². The molecular weight excluding hydrogens is 376 g/mol. The van der Waals surface area contributed by atoms with Crippen LogP contribution in [-0.2, 0) is 0 Å². The van der Waals surface area contributed by atoms with Crippen molar-refractivity contribution in [3.63, 3.8) is 0 Å². The number of rotatable bonds is 3. The van der Waals surface area contributed by atoms with Crippen molar-refractivity contribution in [1.29, 1.82) is 0 Å². The van der Waals surface area contributed by atoms with Gasteiger partial charge in [-0.1, -0.05) is 30.3 Å². The highest BCUT2D eigenvalue weighted by molar-refractivity contribution is 5.94. The number of aromatic nitrogens is 4. The van der Waals surface area contributed by atoms with Gasteiger partial charge in [-0.2, -0.15) is 5.10 Å². The number of benzene rings is 1. The van der Waals surface area contributed by atoms with E-state index < -0.39 is 0 Å². The molecule has 0 saturated carbocycles. The van der Waals surface area contributed by atoms with Crippen molar-refractivity contribution in [2.24, 2.45) is 11.8 Å². The lowest BCUT2D eigenvalue weighted by molar-refractivity contribution is 0.0714. The fourth-order valence-corrected chi connectivity index (χ4v) is 4.75. The van der Waals surface area contributed by atoms with Crippen LogP contribution in [-0.4, -0.2) is 50.6 Å². The van der Waals surface area contributed by atoms with Gasteiger partial charge >= 0.3 is 0 Å².